The summed E-state index contributed by atoms with van der Waals surface area (Å²) >= 11 is 0. The van der Waals surface area contributed by atoms with Crippen LogP contribution >= 0.6 is 0 Å². The van der Waals surface area contributed by atoms with Gasteiger partial charge in [-0.15, -0.1) is 0 Å². The number of hydrogen-bond acceptors (Lipinski definition) is 2. The Kier molecular flexibility index (Phi) is 4.71. The molecule has 1 fully saturated rings. The Morgan fingerprint density at radius 1 is 1.19 bits per heavy atom. The summed E-state index contributed by atoms with van der Waals surface area (Å²) < 4.78 is 2.11. The molecule has 0 radical (unpaired) electrons. The molecule has 0 amide bonds. The standard InChI is InChI=1S/C18H25N3/c1-21-14-13-20-18(21)11-12-19-17-10-6-5-9-16(17)15-7-3-2-4-8-15/h2-4,7-8,13-14,16-17,19H,5-6,9-12H2,1H3. The van der Waals surface area contributed by atoms with Gasteiger partial charge in [-0.25, -0.2) is 4.98 Å². The number of hydrogen-bond donors (Lipinski definition) is 1. The Morgan fingerprint density at radius 2 is 2.00 bits per heavy atom. The second kappa shape index (κ2) is 6.90. The van der Waals surface area contributed by atoms with Gasteiger partial charge in [-0.05, 0) is 24.3 Å². The van der Waals surface area contributed by atoms with Crippen molar-refractivity contribution < 1.29 is 0 Å². The van der Waals surface area contributed by atoms with Crippen LogP contribution in [0.2, 0.25) is 0 Å². The lowest BCUT2D eigenvalue weighted by Gasteiger charge is -2.32. The van der Waals surface area contributed by atoms with E-state index in [1.165, 1.54) is 31.2 Å². The fourth-order valence-electron chi connectivity index (χ4n) is 3.48. The number of benzene rings is 1. The first-order chi connectivity index (χ1) is 10.3. The Balaban J connectivity index is 1.59. The zero-order chi connectivity index (χ0) is 14.5. The van der Waals surface area contributed by atoms with Gasteiger partial charge in [0.25, 0.3) is 0 Å². The fraction of sp³-hybridized carbons (Fsp3) is 0.500. The van der Waals surface area contributed by atoms with Crippen LogP contribution in [0.15, 0.2) is 42.7 Å². The zero-order valence-corrected chi connectivity index (χ0v) is 12.8. The molecule has 0 bridgehead atoms. The van der Waals surface area contributed by atoms with E-state index in [0.717, 1.165) is 18.8 Å². The molecule has 21 heavy (non-hydrogen) atoms. The van der Waals surface area contributed by atoms with E-state index >= 15 is 0 Å². The van der Waals surface area contributed by atoms with E-state index in [1.54, 1.807) is 0 Å². The van der Waals surface area contributed by atoms with Crippen LogP contribution in [-0.4, -0.2) is 22.1 Å². The molecule has 0 aliphatic heterocycles. The van der Waals surface area contributed by atoms with Crippen molar-refractivity contribution in [3.63, 3.8) is 0 Å². The first kappa shape index (κ1) is 14.3. The predicted octanol–water partition coefficient (Wildman–Crippen LogP) is 3.28. The number of imidazole rings is 1. The lowest BCUT2D eigenvalue weighted by atomic mass is 9.80. The molecule has 2 unspecified atom stereocenters. The highest BCUT2D eigenvalue weighted by Gasteiger charge is 2.25. The van der Waals surface area contributed by atoms with Crippen LogP contribution in [0.1, 0.15) is 43.0 Å². The topological polar surface area (TPSA) is 29.9 Å². The van der Waals surface area contributed by atoms with E-state index in [4.69, 9.17) is 0 Å². The minimum atomic E-state index is 0.612. The number of aryl methyl sites for hydroxylation is 1. The molecule has 0 spiro atoms. The molecule has 3 heteroatoms. The molecular weight excluding hydrogens is 258 g/mol. The quantitative estimate of drug-likeness (QED) is 0.912. The SMILES string of the molecule is Cn1ccnc1CCNC1CCCCC1c1ccccc1. The molecule has 1 heterocycles. The highest BCUT2D eigenvalue weighted by Crippen LogP contribution is 2.32. The molecule has 3 nitrogen and oxygen atoms in total. The minimum Gasteiger partial charge on any atom is -0.338 e. The van der Waals surface area contributed by atoms with Crippen LogP contribution in [0.3, 0.4) is 0 Å². The first-order valence-electron chi connectivity index (χ1n) is 8.09. The van der Waals surface area contributed by atoms with Crippen LogP contribution in [0, 0.1) is 0 Å². The highest BCUT2D eigenvalue weighted by molar-refractivity contribution is 5.22. The summed E-state index contributed by atoms with van der Waals surface area (Å²) in [6, 6.07) is 11.6. The van der Waals surface area contributed by atoms with Crippen LogP contribution in [0.4, 0.5) is 0 Å². The summed E-state index contributed by atoms with van der Waals surface area (Å²) in [5, 5.41) is 3.78. The van der Waals surface area contributed by atoms with E-state index in [2.05, 4.69) is 52.2 Å². The van der Waals surface area contributed by atoms with Gasteiger partial charge < -0.3 is 9.88 Å². The van der Waals surface area contributed by atoms with E-state index < -0.39 is 0 Å². The van der Waals surface area contributed by atoms with Crippen molar-refractivity contribution in [3.8, 4) is 0 Å². The zero-order valence-electron chi connectivity index (χ0n) is 12.8. The fourth-order valence-corrected chi connectivity index (χ4v) is 3.48. The van der Waals surface area contributed by atoms with Gasteiger partial charge in [-0.3, -0.25) is 0 Å². The summed E-state index contributed by atoms with van der Waals surface area (Å²) in [7, 11) is 2.07. The molecule has 3 rings (SSSR count). The van der Waals surface area contributed by atoms with E-state index in [-0.39, 0.29) is 0 Å². The number of nitrogens with zero attached hydrogens (tertiary/aromatic N) is 2. The van der Waals surface area contributed by atoms with Crippen LogP contribution in [-0.2, 0) is 13.5 Å². The Morgan fingerprint density at radius 3 is 2.76 bits per heavy atom. The molecule has 2 atom stereocenters. The lowest BCUT2D eigenvalue weighted by molar-refractivity contribution is 0.328. The average molecular weight is 283 g/mol. The lowest BCUT2D eigenvalue weighted by Crippen LogP contribution is -2.38. The highest BCUT2D eigenvalue weighted by atomic mass is 15.0. The Bertz CT molecular complexity index is 547. The summed E-state index contributed by atoms with van der Waals surface area (Å²) in [5.74, 6) is 1.83. The normalized spacial score (nSPS) is 22.3. The Hall–Kier alpha value is -1.61. The van der Waals surface area contributed by atoms with Crippen molar-refractivity contribution in [1.29, 1.82) is 0 Å². The predicted molar refractivity (Wildman–Crippen MR) is 86.4 cm³/mol. The van der Waals surface area contributed by atoms with Gasteiger partial charge in [0.05, 0.1) is 0 Å². The third-order valence-electron chi connectivity index (χ3n) is 4.67. The van der Waals surface area contributed by atoms with Crippen molar-refractivity contribution in [3.05, 3.63) is 54.1 Å². The second-order valence-corrected chi connectivity index (χ2v) is 6.07. The summed E-state index contributed by atoms with van der Waals surface area (Å²) in [6.07, 6.45) is 10.2. The van der Waals surface area contributed by atoms with E-state index in [0.29, 0.717) is 12.0 Å². The second-order valence-electron chi connectivity index (χ2n) is 6.07. The van der Waals surface area contributed by atoms with Gasteiger partial charge >= 0.3 is 0 Å². The van der Waals surface area contributed by atoms with E-state index in [1.807, 2.05) is 12.4 Å². The number of rotatable bonds is 5. The summed E-state index contributed by atoms with van der Waals surface area (Å²) in [6.45, 7) is 1.01. The van der Waals surface area contributed by atoms with Crippen LogP contribution in [0.25, 0.3) is 0 Å². The van der Waals surface area contributed by atoms with Crippen LogP contribution in [0.5, 0.6) is 0 Å². The maximum absolute atomic E-state index is 4.40. The van der Waals surface area contributed by atoms with Gasteiger partial charge in [0.2, 0.25) is 0 Å². The maximum atomic E-state index is 4.40. The monoisotopic (exact) mass is 283 g/mol. The van der Waals surface area contributed by atoms with Crippen molar-refractivity contribution >= 4 is 0 Å². The third-order valence-corrected chi connectivity index (χ3v) is 4.67. The molecule has 2 aromatic rings. The molecule has 1 saturated carbocycles. The smallest absolute Gasteiger partial charge is 0.109 e. The molecule has 1 aliphatic rings. The largest absolute Gasteiger partial charge is 0.338 e. The maximum Gasteiger partial charge on any atom is 0.109 e. The number of aromatic nitrogens is 2. The molecule has 1 aromatic heterocycles. The van der Waals surface area contributed by atoms with E-state index in [9.17, 15) is 0 Å². The Labute approximate surface area is 127 Å². The molecule has 0 saturated heterocycles. The van der Waals surface area contributed by atoms with Gasteiger partial charge in [-0.1, -0.05) is 43.2 Å². The third kappa shape index (κ3) is 3.53. The average Bonchev–Trinajstić information content (AvgIpc) is 2.94. The summed E-state index contributed by atoms with van der Waals surface area (Å²) in [4.78, 5) is 4.40. The first-order valence-corrected chi connectivity index (χ1v) is 8.09. The van der Waals surface area contributed by atoms with Crippen molar-refractivity contribution in [2.75, 3.05) is 6.54 Å². The van der Waals surface area contributed by atoms with Crippen LogP contribution < -0.4 is 5.32 Å². The van der Waals surface area contributed by atoms with Crippen molar-refractivity contribution in [2.45, 2.75) is 44.1 Å². The molecule has 1 N–H and O–H groups in total. The van der Waals surface area contributed by atoms with Gasteiger partial charge in [0.15, 0.2) is 0 Å². The number of nitrogens with one attached hydrogen (secondary N) is 1. The van der Waals surface area contributed by atoms with Crippen molar-refractivity contribution in [2.24, 2.45) is 7.05 Å². The summed E-state index contributed by atoms with van der Waals surface area (Å²) in [5.41, 5.74) is 1.49. The minimum absolute atomic E-state index is 0.612. The molecule has 112 valence electrons. The van der Waals surface area contributed by atoms with Crippen molar-refractivity contribution in [1.82, 2.24) is 14.9 Å². The van der Waals surface area contributed by atoms with Gasteiger partial charge in [-0.2, -0.15) is 0 Å². The molecular formula is C18H25N3. The molecule has 1 aliphatic carbocycles. The molecule has 1 aromatic carbocycles. The van der Waals surface area contributed by atoms with Gasteiger partial charge in [0.1, 0.15) is 5.82 Å². The van der Waals surface area contributed by atoms with Gasteiger partial charge in [0, 0.05) is 38.4 Å².